The molecule has 1 aliphatic heterocycles. The molecule has 182 valence electrons. The normalized spacial score (nSPS) is 21.1. The van der Waals surface area contributed by atoms with Crippen molar-refractivity contribution in [3.05, 3.63) is 91.6 Å². The molecular weight excluding hydrogens is 499 g/mol. The van der Waals surface area contributed by atoms with Crippen LogP contribution in [-0.2, 0) is 16.0 Å². The highest BCUT2D eigenvalue weighted by atomic mass is 35.5. The van der Waals surface area contributed by atoms with Gasteiger partial charge in [0.25, 0.3) is 0 Å². The van der Waals surface area contributed by atoms with E-state index in [4.69, 9.17) is 23.2 Å². The van der Waals surface area contributed by atoms with E-state index in [0.29, 0.717) is 16.6 Å². The third kappa shape index (κ3) is 4.87. The number of carbonyl (C=O) groups is 2. The van der Waals surface area contributed by atoms with Crippen LogP contribution in [0, 0.1) is 5.92 Å². The molecule has 2 aromatic carbocycles. The Hall–Kier alpha value is -2.34. The maximum atomic E-state index is 13.8. The molecule has 4 nitrogen and oxygen atoms in total. The van der Waals surface area contributed by atoms with E-state index in [0.717, 1.165) is 24.0 Å². The molecule has 0 spiro atoms. The summed E-state index contributed by atoms with van der Waals surface area (Å²) in [6.07, 6.45) is 1.64. The summed E-state index contributed by atoms with van der Waals surface area (Å²) in [6, 6.07) is 17.3. The number of amides is 2. The number of halogens is 2. The summed E-state index contributed by atoms with van der Waals surface area (Å²) in [5, 5.41) is 3.17. The molecule has 7 heteroatoms. The van der Waals surface area contributed by atoms with Crippen LogP contribution in [0.25, 0.3) is 0 Å². The van der Waals surface area contributed by atoms with E-state index in [2.05, 4.69) is 23.6 Å². The van der Waals surface area contributed by atoms with E-state index in [1.807, 2.05) is 49.1 Å². The number of carbonyl (C=O) groups excluding carboxylic acids is 2. The maximum Gasteiger partial charge on any atom is 0.243 e. The Balaban J connectivity index is 1.38. The van der Waals surface area contributed by atoms with E-state index in [1.165, 1.54) is 10.4 Å². The van der Waals surface area contributed by atoms with Gasteiger partial charge in [0.1, 0.15) is 6.54 Å². The van der Waals surface area contributed by atoms with Gasteiger partial charge in [-0.05, 0) is 72.9 Å². The fraction of sp³-hybridized carbons (Fsp3) is 0.357. The Morgan fingerprint density at radius 2 is 1.86 bits per heavy atom. The average molecular weight is 528 g/mol. The van der Waals surface area contributed by atoms with Crippen molar-refractivity contribution < 1.29 is 9.59 Å². The van der Waals surface area contributed by atoms with Crippen molar-refractivity contribution in [1.82, 2.24) is 9.80 Å². The van der Waals surface area contributed by atoms with Gasteiger partial charge < -0.3 is 9.80 Å². The lowest BCUT2D eigenvalue weighted by Crippen LogP contribution is -2.49. The number of fused-ring (bicyclic) bond motifs is 1. The number of nitrogens with zero attached hydrogens (tertiary/aromatic N) is 2. The first-order valence-electron chi connectivity index (χ1n) is 12.0. The number of rotatable bonds is 6. The van der Waals surface area contributed by atoms with Gasteiger partial charge in [-0.1, -0.05) is 59.6 Å². The first-order chi connectivity index (χ1) is 16.8. The lowest BCUT2D eigenvalue weighted by molar-refractivity contribution is -0.144. The SMILES string of the molecule is CC(C)N(CC(=O)N1CCc2sccc2C1c1ccc(Cl)cc1Cl)C(=O)C1C[C@H]1c1ccccc1. The lowest BCUT2D eigenvalue weighted by Gasteiger charge is -2.38. The molecule has 0 N–H and O–H groups in total. The minimum absolute atomic E-state index is 0.0565. The standard InChI is InChI=1S/C28H28Cl2N2O2S/c1-17(2)32(28(34)23-15-22(23)18-6-4-3-5-7-18)16-26(33)31-12-10-25-21(11-13-35-25)27(31)20-9-8-19(29)14-24(20)30/h3-9,11,13-14,17,22-23,27H,10,12,15-16H2,1-2H3/t22-,23?,27?/m0/s1. The predicted molar refractivity (Wildman–Crippen MR) is 142 cm³/mol. The second-order valence-corrected chi connectivity index (χ2v) is 11.5. The molecule has 5 rings (SSSR count). The monoisotopic (exact) mass is 526 g/mol. The minimum Gasteiger partial charge on any atom is -0.331 e. The molecule has 0 bridgehead atoms. The molecule has 0 saturated heterocycles. The van der Waals surface area contributed by atoms with Crippen LogP contribution in [0.1, 0.15) is 53.8 Å². The van der Waals surface area contributed by atoms with E-state index in [-0.39, 0.29) is 42.3 Å². The molecule has 2 heterocycles. The molecule has 1 aliphatic carbocycles. The predicted octanol–water partition coefficient (Wildman–Crippen LogP) is 6.57. The number of thiophene rings is 1. The fourth-order valence-corrected chi connectivity index (χ4v) is 6.56. The maximum absolute atomic E-state index is 13.8. The van der Waals surface area contributed by atoms with Crippen molar-refractivity contribution in [2.75, 3.05) is 13.1 Å². The molecule has 2 amide bonds. The molecule has 3 aromatic rings. The van der Waals surface area contributed by atoms with Crippen LogP contribution >= 0.6 is 34.5 Å². The van der Waals surface area contributed by atoms with Crippen molar-refractivity contribution in [1.29, 1.82) is 0 Å². The Morgan fingerprint density at radius 1 is 1.09 bits per heavy atom. The molecule has 1 aromatic heterocycles. The Morgan fingerprint density at radius 3 is 2.57 bits per heavy atom. The minimum atomic E-state index is -0.288. The summed E-state index contributed by atoms with van der Waals surface area (Å²) in [5.74, 6) is 0.191. The molecule has 2 unspecified atom stereocenters. The first kappa shape index (κ1) is 24.4. The zero-order valence-corrected chi connectivity index (χ0v) is 22.1. The lowest BCUT2D eigenvalue weighted by atomic mass is 9.93. The van der Waals surface area contributed by atoms with Crippen molar-refractivity contribution >= 4 is 46.4 Å². The third-order valence-electron chi connectivity index (χ3n) is 7.09. The molecule has 1 fully saturated rings. The van der Waals surface area contributed by atoms with Gasteiger partial charge in [0.15, 0.2) is 0 Å². The summed E-state index contributed by atoms with van der Waals surface area (Å²) in [6.45, 7) is 4.61. The largest absolute Gasteiger partial charge is 0.331 e. The van der Waals surface area contributed by atoms with Gasteiger partial charge in [0.05, 0.1) is 6.04 Å². The summed E-state index contributed by atoms with van der Waals surface area (Å²) >= 11 is 14.5. The zero-order valence-electron chi connectivity index (χ0n) is 19.8. The fourth-order valence-electron chi connectivity index (χ4n) is 5.14. The molecule has 2 aliphatic rings. The molecule has 1 saturated carbocycles. The Bertz CT molecular complexity index is 1240. The summed E-state index contributed by atoms with van der Waals surface area (Å²) in [4.78, 5) is 32.1. The van der Waals surface area contributed by atoms with Crippen LogP contribution in [0.4, 0.5) is 0 Å². The van der Waals surface area contributed by atoms with E-state index >= 15 is 0 Å². The highest BCUT2D eigenvalue weighted by molar-refractivity contribution is 7.10. The number of hydrogen-bond donors (Lipinski definition) is 0. The zero-order chi connectivity index (χ0) is 24.7. The summed E-state index contributed by atoms with van der Waals surface area (Å²) in [5.41, 5.74) is 3.16. The smallest absolute Gasteiger partial charge is 0.243 e. The Labute approximate surface area is 220 Å². The van der Waals surface area contributed by atoms with Crippen molar-refractivity contribution in [2.45, 2.75) is 44.7 Å². The van der Waals surface area contributed by atoms with Crippen LogP contribution < -0.4 is 0 Å². The van der Waals surface area contributed by atoms with Gasteiger partial charge in [-0.15, -0.1) is 11.3 Å². The average Bonchev–Trinajstić information content (AvgIpc) is 3.50. The summed E-state index contributed by atoms with van der Waals surface area (Å²) < 4.78 is 0. The topological polar surface area (TPSA) is 40.6 Å². The van der Waals surface area contributed by atoms with Gasteiger partial charge in [-0.2, -0.15) is 0 Å². The van der Waals surface area contributed by atoms with Crippen molar-refractivity contribution in [2.24, 2.45) is 5.92 Å². The van der Waals surface area contributed by atoms with Crippen LogP contribution in [0.3, 0.4) is 0 Å². The van der Waals surface area contributed by atoms with Gasteiger partial charge >= 0.3 is 0 Å². The van der Waals surface area contributed by atoms with Crippen molar-refractivity contribution in [3.63, 3.8) is 0 Å². The van der Waals surface area contributed by atoms with Crippen LogP contribution in [-0.4, -0.2) is 40.7 Å². The number of benzene rings is 2. The summed E-state index contributed by atoms with van der Waals surface area (Å²) in [7, 11) is 0. The molecule has 35 heavy (non-hydrogen) atoms. The number of hydrogen-bond acceptors (Lipinski definition) is 3. The Kier molecular flexibility index (Phi) is 6.93. The van der Waals surface area contributed by atoms with Gasteiger partial charge in [-0.25, -0.2) is 0 Å². The van der Waals surface area contributed by atoms with E-state index < -0.39 is 0 Å². The van der Waals surface area contributed by atoms with Gasteiger partial charge in [0, 0.05) is 33.4 Å². The van der Waals surface area contributed by atoms with E-state index in [1.54, 1.807) is 22.3 Å². The van der Waals surface area contributed by atoms with Gasteiger partial charge in [0.2, 0.25) is 11.8 Å². The highest BCUT2D eigenvalue weighted by Crippen LogP contribution is 2.48. The molecule has 0 radical (unpaired) electrons. The molecular formula is C28H28Cl2N2O2S. The first-order valence-corrected chi connectivity index (χ1v) is 13.6. The second kappa shape index (κ2) is 9.96. The second-order valence-electron chi connectivity index (χ2n) is 9.62. The van der Waals surface area contributed by atoms with Crippen LogP contribution in [0.5, 0.6) is 0 Å². The quantitative estimate of drug-likeness (QED) is 0.364. The van der Waals surface area contributed by atoms with Gasteiger partial charge in [-0.3, -0.25) is 9.59 Å². The molecule has 3 atom stereocenters. The third-order valence-corrected chi connectivity index (χ3v) is 8.65. The highest BCUT2D eigenvalue weighted by Gasteiger charge is 2.47. The van der Waals surface area contributed by atoms with Crippen molar-refractivity contribution in [3.8, 4) is 0 Å². The van der Waals surface area contributed by atoms with Crippen LogP contribution in [0.2, 0.25) is 10.0 Å². The van der Waals surface area contributed by atoms with E-state index in [9.17, 15) is 9.59 Å². The van der Waals surface area contributed by atoms with Crippen LogP contribution in [0.15, 0.2) is 60.0 Å².